The molecule has 0 radical (unpaired) electrons. The summed E-state index contributed by atoms with van der Waals surface area (Å²) in [7, 11) is 0. The number of rotatable bonds is 5. The minimum absolute atomic E-state index is 0.160. The van der Waals surface area contributed by atoms with Gasteiger partial charge in [0.25, 0.3) is 0 Å². The van der Waals surface area contributed by atoms with E-state index in [0.717, 1.165) is 4.68 Å². The Balaban J connectivity index is 2.89. The Bertz CT molecular complexity index is 781. The second kappa shape index (κ2) is 6.30. The van der Waals surface area contributed by atoms with Gasteiger partial charge in [-0.25, -0.2) is 4.68 Å². The van der Waals surface area contributed by atoms with Gasteiger partial charge < -0.3 is 0 Å². The van der Waals surface area contributed by atoms with Gasteiger partial charge in [0.1, 0.15) is 11.3 Å². The lowest BCUT2D eigenvalue weighted by Crippen LogP contribution is -2.28. The first kappa shape index (κ1) is 15.6. The third-order valence-corrected chi connectivity index (χ3v) is 3.15. The van der Waals surface area contributed by atoms with Crippen molar-refractivity contribution in [3.05, 3.63) is 56.4 Å². The monoisotopic (exact) mass is 301 g/mol. The Morgan fingerprint density at radius 1 is 1.32 bits per heavy atom. The van der Waals surface area contributed by atoms with E-state index < -0.39 is 22.0 Å². The molecule has 0 aliphatic rings. The fourth-order valence-electron chi connectivity index (χ4n) is 2.22. The molecule has 0 bridgehead atoms. The van der Waals surface area contributed by atoms with E-state index in [0.29, 0.717) is 12.0 Å². The molecular formula is C15H15N3O4. The minimum atomic E-state index is -0.850. The average molecular weight is 301 g/mol. The summed E-state index contributed by atoms with van der Waals surface area (Å²) in [6.45, 7) is 3.28. The first-order valence-electron chi connectivity index (χ1n) is 6.83. The van der Waals surface area contributed by atoms with Gasteiger partial charge in [-0.05, 0) is 13.3 Å². The molecule has 0 unspecified atom stereocenters. The number of aryl methyl sites for hydroxylation is 1. The van der Waals surface area contributed by atoms with Crippen LogP contribution in [0.2, 0.25) is 0 Å². The molecule has 1 aromatic carbocycles. The van der Waals surface area contributed by atoms with Crippen LogP contribution in [0, 0.1) is 10.1 Å². The molecule has 0 amide bonds. The maximum atomic E-state index is 12.2. The summed E-state index contributed by atoms with van der Waals surface area (Å²) in [6, 6.07) is 8.65. The number of aromatic nitrogens is 2. The molecule has 0 fully saturated rings. The molecule has 1 aromatic heterocycles. The van der Waals surface area contributed by atoms with Gasteiger partial charge in [-0.15, -0.1) is 0 Å². The smallest absolute Gasteiger partial charge is 0.294 e. The number of hydrogen-bond acceptors (Lipinski definition) is 5. The molecule has 22 heavy (non-hydrogen) atoms. The SMILES string of the molecule is CCCn1nc(-c2ccccc2)c(C(C)=O)c([N+](=O)[O-])c1=O. The summed E-state index contributed by atoms with van der Waals surface area (Å²) in [5, 5.41) is 15.5. The maximum Gasteiger partial charge on any atom is 0.348 e. The van der Waals surface area contributed by atoms with Crippen molar-refractivity contribution in [3.63, 3.8) is 0 Å². The fraction of sp³-hybridized carbons (Fsp3) is 0.267. The van der Waals surface area contributed by atoms with Gasteiger partial charge >= 0.3 is 11.2 Å². The highest BCUT2D eigenvalue weighted by Gasteiger charge is 2.29. The largest absolute Gasteiger partial charge is 0.348 e. The molecule has 0 saturated heterocycles. The topological polar surface area (TPSA) is 95.1 Å². The Morgan fingerprint density at radius 3 is 2.45 bits per heavy atom. The zero-order valence-electron chi connectivity index (χ0n) is 12.3. The Hall–Kier alpha value is -2.83. The standard InChI is InChI=1S/C15H15N3O4/c1-3-9-17-15(20)14(18(21)22)12(10(2)19)13(16-17)11-7-5-4-6-8-11/h4-8H,3,9H2,1-2H3. The maximum absolute atomic E-state index is 12.2. The lowest BCUT2D eigenvalue weighted by Gasteiger charge is -2.10. The Morgan fingerprint density at radius 2 is 1.95 bits per heavy atom. The van der Waals surface area contributed by atoms with Gasteiger partial charge in [0.05, 0.1) is 4.92 Å². The molecule has 7 heteroatoms. The summed E-state index contributed by atoms with van der Waals surface area (Å²) in [6.07, 6.45) is 0.595. The van der Waals surface area contributed by atoms with Gasteiger partial charge in [0.15, 0.2) is 5.78 Å². The molecule has 1 heterocycles. The van der Waals surface area contributed by atoms with Gasteiger partial charge in [0, 0.05) is 12.1 Å². The lowest BCUT2D eigenvalue weighted by atomic mass is 10.0. The van der Waals surface area contributed by atoms with Crippen molar-refractivity contribution in [2.24, 2.45) is 0 Å². The Kier molecular flexibility index (Phi) is 4.45. The lowest BCUT2D eigenvalue weighted by molar-refractivity contribution is -0.386. The number of nitro groups is 1. The molecule has 2 aromatic rings. The van der Waals surface area contributed by atoms with E-state index >= 15 is 0 Å². The summed E-state index contributed by atoms with van der Waals surface area (Å²) in [4.78, 5) is 34.6. The van der Waals surface area contributed by atoms with Crippen LogP contribution in [0.15, 0.2) is 35.1 Å². The van der Waals surface area contributed by atoms with Crippen LogP contribution in [0.25, 0.3) is 11.3 Å². The molecule has 0 spiro atoms. The molecular weight excluding hydrogens is 286 g/mol. The number of carbonyl (C=O) groups excluding carboxylic acids is 1. The van der Waals surface area contributed by atoms with E-state index in [-0.39, 0.29) is 17.8 Å². The van der Waals surface area contributed by atoms with Crippen molar-refractivity contribution in [2.45, 2.75) is 26.8 Å². The van der Waals surface area contributed by atoms with Crippen LogP contribution in [0.4, 0.5) is 5.69 Å². The fourth-order valence-corrected chi connectivity index (χ4v) is 2.22. The predicted molar refractivity (Wildman–Crippen MR) is 80.9 cm³/mol. The van der Waals surface area contributed by atoms with Crippen LogP contribution < -0.4 is 5.56 Å². The van der Waals surface area contributed by atoms with E-state index in [4.69, 9.17) is 0 Å². The van der Waals surface area contributed by atoms with Crippen LogP contribution >= 0.6 is 0 Å². The molecule has 0 aliphatic carbocycles. The van der Waals surface area contributed by atoms with Crippen LogP contribution in [0.5, 0.6) is 0 Å². The molecule has 2 rings (SSSR count). The normalized spacial score (nSPS) is 10.5. The first-order valence-corrected chi connectivity index (χ1v) is 6.83. The predicted octanol–water partition coefficient (Wildman–Crippen LogP) is 2.43. The summed E-state index contributed by atoms with van der Waals surface area (Å²) < 4.78 is 1.05. The highest BCUT2D eigenvalue weighted by molar-refractivity contribution is 6.03. The number of hydrogen-bond donors (Lipinski definition) is 0. The molecule has 114 valence electrons. The average Bonchev–Trinajstić information content (AvgIpc) is 2.49. The van der Waals surface area contributed by atoms with Crippen molar-refractivity contribution in [1.29, 1.82) is 0 Å². The number of carbonyl (C=O) groups is 1. The van der Waals surface area contributed by atoms with Gasteiger partial charge in [0.2, 0.25) is 0 Å². The van der Waals surface area contributed by atoms with Crippen LogP contribution in [-0.2, 0) is 6.54 Å². The Labute approximate surface area is 126 Å². The van der Waals surface area contributed by atoms with Gasteiger partial charge in [-0.1, -0.05) is 37.3 Å². The van der Waals surface area contributed by atoms with Gasteiger partial charge in [-0.3, -0.25) is 19.7 Å². The van der Waals surface area contributed by atoms with Crippen LogP contribution in [-0.4, -0.2) is 20.5 Å². The highest BCUT2D eigenvalue weighted by atomic mass is 16.6. The molecule has 0 atom stereocenters. The van der Waals surface area contributed by atoms with E-state index in [1.165, 1.54) is 6.92 Å². The zero-order valence-corrected chi connectivity index (χ0v) is 12.3. The van der Waals surface area contributed by atoms with E-state index in [2.05, 4.69) is 5.10 Å². The van der Waals surface area contributed by atoms with Gasteiger partial charge in [-0.2, -0.15) is 5.10 Å². The minimum Gasteiger partial charge on any atom is -0.294 e. The molecule has 0 aliphatic heterocycles. The van der Waals surface area contributed by atoms with Crippen LogP contribution in [0.3, 0.4) is 0 Å². The molecule has 0 saturated carbocycles. The van der Waals surface area contributed by atoms with Crippen molar-refractivity contribution in [1.82, 2.24) is 9.78 Å². The van der Waals surface area contributed by atoms with E-state index in [1.807, 2.05) is 6.92 Å². The number of benzene rings is 1. The highest BCUT2D eigenvalue weighted by Crippen LogP contribution is 2.26. The van der Waals surface area contributed by atoms with E-state index in [9.17, 15) is 19.7 Å². The quantitative estimate of drug-likeness (QED) is 0.480. The third kappa shape index (κ3) is 2.78. The third-order valence-electron chi connectivity index (χ3n) is 3.15. The van der Waals surface area contributed by atoms with Crippen molar-refractivity contribution in [2.75, 3.05) is 0 Å². The van der Waals surface area contributed by atoms with Crippen molar-refractivity contribution in [3.8, 4) is 11.3 Å². The molecule has 7 nitrogen and oxygen atoms in total. The van der Waals surface area contributed by atoms with Crippen molar-refractivity contribution < 1.29 is 9.72 Å². The summed E-state index contributed by atoms with van der Waals surface area (Å²) in [5.41, 5.74) is -1.09. The number of nitrogens with zero attached hydrogens (tertiary/aromatic N) is 3. The summed E-state index contributed by atoms with van der Waals surface area (Å²) in [5.74, 6) is -0.557. The number of ketones is 1. The summed E-state index contributed by atoms with van der Waals surface area (Å²) >= 11 is 0. The molecule has 0 N–H and O–H groups in total. The van der Waals surface area contributed by atoms with Crippen LogP contribution in [0.1, 0.15) is 30.6 Å². The van der Waals surface area contributed by atoms with Crippen molar-refractivity contribution >= 4 is 11.5 Å². The number of Topliss-reactive ketones (excluding diaryl/α,β-unsaturated/α-hetero) is 1. The van der Waals surface area contributed by atoms with E-state index in [1.54, 1.807) is 30.3 Å². The second-order valence-corrected chi connectivity index (χ2v) is 4.78. The first-order chi connectivity index (χ1) is 10.5. The second-order valence-electron chi connectivity index (χ2n) is 4.78. The zero-order chi connectivity index (χ0) is 16.3.